The highest BCUT2D eigenvalue weighted by Gasteiger charge is 2.43. The molecule has 0 spiro atoms. The SMILES string of the molecule is COc1ccc(CN2C(=S)N(Cc3ccc(F)cc3)C(=O)[C@@H]2CC(=O)Nc2ccccc2)cc1. The molecule has 3 aromatic rings. The van der Waals surface area contributed by atoms with Crippen molar-refractivity contribution in [3.8, 4) is 5.75 Å². The predicted octanol–water partition coefficient (Wildman–Crippen LogP) is 4.36. The molecule has 0 radical (unpaired) electrons. The van der Waals surface area contributed by atoms with E-state index < -0.39 is 6.04 Å². The van der Waals surface area contributed by atoms with Gasteiger partial charge in [-0.2, -0.15) is 0 Å². The number of benzene rings is 3. The van der Waals surface area contributed by atoms with Crippen LogP contribution in [0.1, 0.15) is 17.5 Å². The van der Waals surface area contributed by atoms with E-state index >= 15 is 0 Å². The second kappa shape index (κ2) is 10.4. The lowest BCUT2D eigenvalue weighted by Crippen LogP contribution is -2.37. The second-order valence-corrected chi connectivity index (χ2v) is 8.31. The molecular formula is C26H24FN3O3S. The van der Waals surface area contributed by atoms with Gasteiger partial charge in [0.05, 0.1) is 20.1 Å². The first-order chi connectivity index (χ1) is 16.4. The highest BCUT2D eigenvalue weighted by atomic mass is 32.1. The average Bonchev–Trinajstić information content (AvgIpc) is 3.05. The molecule has 6 nitrogen and oxygen atoms in total. The molecule has 0 saturated carbocycles. The Morgan fingerprint density at radius 1 is 0.971 bits per heavy atom. The first-order valence-electron chi connectivity index (χ1n) is 10.8. The van der Waals surface area contributed by atoms with Crippen LogP contribution in [0.2, 0.25) is 0 Å². The number of methoxy groups -OCH3 is 1. The summed E-state index contributed by atoms with van der Waals surface area (Å²) in [5.74, 6) is -0.169. The number of hydrogen-bond acceptors (Lipinski definition) is 4. The van der Waals surface area contributed by atoms with Gasteiger partial charge in [0.2, 0.25) is 5.91 Å². The van der Waals surface area contributed by atoms with Crippen molar-refractivity contribution in [1.82, 2.24) is 9.80 Å². The Morgan fingerprint density at radius 2 is 1.59 bits per heavy atom. The number of amides is 2. The molecule has 174 valence electrons. The second-order valence-electron chi connectivity index (χ2n) is 7.94. The summed E-state index contributed by atoms with van der Waals surface area (Å²) < 4.78 is 18.5. The van der Waals surface area contributed by atoms with Gasteiger partial charge in [-0.1, -0.05) is 42.5 Å². The monoisotopic (exact) mass is 477 g/mol. The largest absolute Gasteiger partial charge is 0.497 e. The van der Waals surface area contributed by atoms with Crippen molar-refractivity contribution in [2.45, 2.75) is 25.6 Å². The van der Waals surface area contributed by atoms with Crippen LogP contribution >= 0.6 is 12.2 Å². The van der Waals surface area contributed by atoms with Crippen LogP contribution in [0.15, 0.2) is 78.9 Å². The summed E-state index contributed by atoms with van der Waals surface area (Å²) in [6.45, 7) is 0.561. The summed E-state index contributed by atoms with van der Waals surface area (Å²) in [5.41, 5.74) is 2.33. The van der Waals surface area contributed by atoms with Gasteiger partial charge in [0.25, 0.3) is 5.91 Å². The predicted molar refractivity (Wildman–Crippen MR) is 132 cm³/mol. The van der Waals surface area contributed by atoms with E-state index in [2.05, 4.69) is 5.32 Å². The van der Waals surface area contributed by atoms with Gasteiger partial charge in [0.15, 0.2) is 5.11 Å². The molecule has 34 heavy (non-hydrogen) atoms. The Kier molecular flexibility index (Phi) is 7.18. The Morgan fingerprint density at radius 3 is 2.24 bits per heavy atom. The maximum Gasteiger partial charge on any atom is 0.252 e. The molecule has 1 fully saturated rings. The van der Waals surface area contributed by atoms with Gasteiger partial charge in [0, 0.05) is 12.2 Å². The molecule has 1 heterocycles. The minimum Gasteiger partial charge on any atom is -0.497 e. The average molecular weight is 478 g/mol. The third-order valence-electron chi connectivity index (χ3n) is 5.61. The third-order valence-corrected chi connectivity index (χ3v) is 6.06. The number of carbonyl (C=O) groups is 2. The van der Waals surface area contributed by atoms with Crippen LogP contribution < -0.4 is 10.1 Å². The van der Waals surface area contributed by atoms with E-state index in [1.54, 1.807) is 36.3 Å². The van der Waals surface area contributed by atoms with Crippen LogP contribution in [0.3, 0.4) is 0 Å². The number of carbonyl (C=O) groups excluding carboxylic acids is 2. The lowest BCUT2D eigenvalue weighted by molar-refractivity contribution is -0.131. The number of halogens is 1. The Hall–Kier alpha value is -3.78. The molecule has 1 aliphatic heterocycles. The lowest BCUT2D eigenvalue weighted by Gasteiger charge is -2.24. The zero-order valence-corrected chi connectivity index (χ0v) is 19.4. The van der Waals surface area contributed by atoms with E-state index in [9.17, 15) is 14.0 Å². The van der Waals surface area contributed by atoms with Crippen LogP contribution in [0.5, 0.6) is 5.75 Å². The number of nitrogens with one attached hydrogen (secondary N) is 1. The molecular weight excluding hydrogens is 453 g/mol. The number of ether oxygens (including phenoxy) is 1. The summed E-state index contributed by atoms with van der Waals surface area (Å²) >= 11 is 5.67. The lowest BCUT2D eigenvalue weighted by atomic mass is 10.1. The number of rotatable bonds is 8. The zero-order valence-electron chi connectivity index (χ0n) is 18.6. The van der Waals surface area contributed by atoms with E-state index in [1.165, 1.54) is 17.0 Å². The number of anilines is 1. The van der Waals surface area contributed by atoms with Crippen LogP contribution in [-0.4, -0.2) is 39.9 Å². The molecule has 1 aliphatic rings. The highest BCUT2D eigenvalue weighted by molar-refractivity contribution is 7.80. The summed E-state index contributed by atoms with van der Waals surface area (Å²) in [6, 6.07) is 21.7. The van der Waals surface area contributed by atoms with Crippen molar-refractivity contribution in [1.29, 1.82) is 0 Å². The molecule has 8 heteroatoms. The number of para-hydroxylation sites is 1. The van der Waals surface area contributed by atoms with E-state index in [4.69, 9.17) is 17.0 Å². The van der Waals surface area contributed by atoms with Crippen molar-refractivity contribution in [3.05, 3.63) is 95.8 Å². The van der Waals surface area contributed by atoms with Gasteiger partial charge in [-0.05, 0) is 59.7 Å². The molecule has 1 saturated heterocycles. The maximum absolute atomic E-state index is 13.4. The van der Waals surface area contributed by atoms with Crippen LogP contribution in [-0.2, 0) is 22.7 Å². The Bertz CT molecular complexity index is 1170. The topological polar surface area (TPSA) is 61.9 Å². The minimum atomic E-state index is -0.751. The standard InChI is InChI=1S/C26H24FN3O3S/c1-33-22-13-9-19(10-14-22)16-29-23(15-24(31)28-21-5-3-2-4-6-21)25(32)30(26(29)34)17-18-7-11-20(27)12-8-18/h2-14,23H,15-17H2,1H3,(H,28,31)/t23-/m0/s1. The smallest absolute Gasteiger partial charge is 0.252 e. The first-order valence-corrected chi connectivity index (χ1v) is 11.2. The van der Waals surface area contributed by atoms with Gasteiger partial charge in [0.1, 0.15) is 17.6 Å². The number of nitrogens with zero attached hydrogens (tertiary/aromatic N) is 2. The normalized spacial score (nSPS) is 15.5. The quantitative estimate of drug-likeness (QED) is 0.489. The summed E-state index contributed by atoms with van der Waals surface area (Å²) in [6.07, 6.45) is -0.0516. The van der Waals surface area contributed by atoms with Gasteiger partial charge >= 0.3 is 0 Å². The van der Waals surface area contributed by atoms with Crippen molar-refractivity contribution in [2.75, 3.05) is 12.4 Å². The number of hydrogen-bond donors (Lipinski definition) is 1. The van der Waals surface area contributed by atoms with E-state index in [1.807, 2.05) is 42.5 Å². The minimum absolute atomic E-state index is 0.0516. The first kappa shape index (κ1) is 23.4. The molecule has 1 N–H and O–H groups in total. The zero-order chi connectivity index (χ0) is 24.1. The van der Waals surface area contributed by atoms with Gasteiger partial charge in [-0.3, -0.25) is 14.5 Å². The molecule has 0 aromatic heterocycles. The van der Waals surface area contributed by atoms with Crippen molar-refractivity contribution < 1.29 is 18.7 Å². The van der Waals surface area contributed by atoms with E-state index in [-0.39, 0.29) is 30.6 Å². The Labute approximate surface area is 202 Å². The van der Waals surface area contributed by atoms with E-state index in [0.717, 1.165) is 16.9 Å². The van der Waals surface area contributed by atoms with Crippen molar-refractivity contribution in [2.24, 2.45) is 0 Å². The van der Waals surface area contributed by atoms with Crippen molar-refractivity contribution >= 4 is 34.8 Å². The van der Waals surface area contributed by atoms with Crippen LogP contribution in [0.25, 0.3) is 0 Å². The van der Waals surface area contributed by atoms with E-state index in [0.29, 0.717) is 17.3 Å². The highest BCUT2D eigenvalue weighted by Crippen LogP contribution is 2.26. The number of thiocarbonyl (C=S) groups is 1. The molecule has 0 bridgehead atoms. The molecule has 2 amide bonds. The van der Waals surface area contributed by atoms with Crippen molar-refractivity contribution in [3.63, 3.8) is 0 Å². The molecule has 1 atom stereocenters. The van der Waals surface area contributed by atoms with Crippen LogP contribution in [0.4, 0.5) is 10.1 Å². The summed E-state index contributed by atoms with van der Waals surface area (Å²) in [4.78, 5) is 29.4. The van der Waals surface area contributed by atoms with Gasteiger partial charge in [-0.15, -0.1) is 0 Å². The fraction of sp³-hybridized carbons (Fsp3) is 0.192. The fourth-order valence-corrected chi connectivity index (χ4v) is 4.17. The Balaban J connectivity index is 1.55. The third kappa shape index (κ3) is 5.40. The summed E-state index contributed by atoms with van der Waals surface area (Å²) in [5, 5.41) is 3.17. The van der Waals surface area contributed by atoms with Crippen LogP contribution in [0, 0.1) is 5.82 Å². The molecule has 4 rings (SSSR count). The molecule has 0 aliphatic carbocycles. The van der Waals surface area contributed by atoms with Gasteiger partial charge in [-0.25, -0.2) is 4.39 Å². The maximum atomic E-state index is 13.4. The van der Waals surface area contributed by atoms with Gasteiger partial charge < -0.3 is 15.0 Å². The molecule has 3 aromatic carbocycles. The fourth-order valence-electron chi connectivity index (χ4n) is 3.83. The molecule has 0 unspecified atom stereocenters. The summed E-state index contributed by atoms with van der Waals surface area (Å²) in [7, 11) is 1.60.